The zero-order chi connectivity index (χ0) is 24.1. The Bertz CT molecular complexity index is 1160. The Morgan fingerprint density at radius 1 is 1.03 bits per heavy atom. The number of carbonyl (C=O) groups is 2. The molecule has 34 heavy (non-hydrogen) atoms. The second kappa shape index (κ2) is 10.8. The lowest BCUT2D eigenvalue weighted by Gasteiger charge is -2.34. The van der Waals surface area contributed by atoms with Crippen LogP contribution in [0.15, 0.2) is 59.9 Å². The highest BCUT2D eigenvalue weighted by Crippen LogP contribution is 2.22. The minimum Gasteiger partial charge on any atom is -0.451 e. The van der Waals surface area contributed by atoms with Gasteiger partial charge in [0.1, 0.15) is 11.6 Å². The number of esters is 1. The highest BCUT2D eigenvalue weighted by atomic mass is 32.2. The van der Waals surface area contributed by atoms with Crippen LogP contribution in [0.25, 0.3) is 5.69 Å². The van der Waals surface area contributed by atoms with Gasteiger partial charge in [0.05, 0.1) is 6.20 Å². The Labute approximate surface area is 200 Å². The third-order valence-corrected chi connectivity index (χ3v) is 6.26. The molecule has 0 N–H and O–H groups in total. The number of ether oxygens (including phenoxy) is 1. The number of halogens is 2. The first-order chi connectivity index (χ1) is 16.5. The molecule has 10 heteroatoms. The van der Waals surface area contributed by atoms with Crippen molar-refractivity contribution < 1.29 is 23.1 Å². The quantitative estimate of drug-likeness (QED) is 0.377. The van der Waals surface area contributed by atoms with Crippen LogP contribution in [0.3, 0.4) is 0 Å². The summed E-state index contributed by atoms with van der Waals surface area (Å²) in [4.78, 5) is 33.3. The van der Waals surface area contributed by atoms with Crippen LogP contribution < -0.4 is 0 Å². The first kappa shape index (κ1) is 23.9. The van der Waals surface area contributed by atoms with Gasteiger partial charge in [-0.2, -0.15) is 0 Å². The molecule has 0 saturated carbocycles. The predicted molar refractivity (Wildman–Crippen MR) is 124 cm³/mol. The van der Waals surface area contributed by atoms with Gasteiger partial charge in [0.25, 0.3) is 5.91 Å². The van der Waals surface area contributed by atoms with Crippen molar-refractivity contribution in [1.82, 2.24) is 19.4 Å². The summed E-state index contributed by atoms with van der Waals surface area (Å²) >= 11 is 1.33. The molecule has 1 aliphatic rings. The number of hydrogen-bond acceptors (Lipinski definition) is 6. The van der Waals surface area contributed by atoms with Crippen molar-refractivity contribution in [2.45, 2.75) is 11.7 Å². The zero-order valence-corrected chi connectivity index (χ0v) is 19.4. The molecular formula is C24H24F2N4O3S. The van der Waals surface area contributed by atoms with Crippen LogP contribution in [-0.2, 0) is 16.1 Å². The number of nitrogens with zero attached hydrogens (tertiary/aromatic N) is 4. The van der Waals surface area contributed by atoms with E-state index in [4.69, 9.17) is 4.74 Å². The summed E-state index contributed by atoms with van der Waals surface area (Å²) in [5.41, 5.74) is 1.34. The maximum Gasteiger partial charge on any atom is 0.357 e. The van der Waals surface area contributed by atoms with Crippen molar-refractivity contribution in [2.75, 3.05) is 39.0 Å². The first-order valence-electron chi connectivity index (χ1n) is 10.7. The van der Waals surface area contributed by atoms with Gasteiger partial charge >= 0.3 is 5.97 Å². The monoisotopic (exact) mass is 486 g/mol. The van der Waals surface area contributed by atoms with E-state index in [0.29, 0.717) is 49.1 Å². The number of hydrogen-bond donors (Lipinski definition) is 0. The maximum atomic E-state index is 13.9. The van der Waals surface area contributed by atoms with Crippen LogP contribution in [0.1, 0.15) is 16.1 Å². The molecule has 3 aromatic rings. The van der Waals surface area contributed by atoms with Gasteiger partial charge < -0.3 is 9.64 Å². The fraction of sp³-hybridized carbons (Fsp3) is 0.292. The van der Waals surface area contributed by atoms with Crippen LogP contribution in [0.2, 0.25) is 0 Å². The van der Waals surface area contributed by atoms with Crippen molar-refractivity contribution in [2.24, 2.45) is 0 Å². The average Bonchev–Trinajstić information content (AvgIpc) is 3.29. The Morgan fingerprint density at radius 3 is 2.41 bits per heavy atom. The van der Waals surface area contributed by atoms with Crippen molar-refractivity contribution >= 4 is 23.6 Å². The molecule has 0 unspecified atom stereocenters. The molecule has 1 saturated heterocycles. The molecular weight excluding hydrogens is 462 g/mol. The number of aromatic nitrogens is 2. The van der Waals surface area contributed by atoms with Crippen molar-refractivity contribution in [1.29, 1.82) is 0 Å². The third-order valence-electron chi connectivity index (χ3n) is 5.61. The largest absolute Gasteiger partial charge is 0.451 e. The number of imidazole rings is 1. The first-order valence-corrected chi connectivity index (χ1v) is 12.0. The van der Waals surface area contributed by atoms with E-state index in [9.17, 15) is 18.4 Å². The number of benzene rings is 2. The topological polar surface area (TPSA) is 67.7 Å². The molecule has 0 atom stereocenters. The van der Waals surface area contributed by atoms with E-state index in [2.05, 4.69) is 9.88 Å². The van der Waals surface area contributed by atoms with Gasteiger partial charge in [-0.25, -0.2) is 18.6 Å². The SMILES string of the molecule is CSc1ncc(C(=O)OCC(=O)N2CCN(Cc3ccccc3F)CC2)n1-c1ccc(F)cc1. The van der Waals surface area contributed by atoms with E-state index < -0.39 is 18.4 Å². The maximum absolute atomic E-state index is 13.9. The molecule has 1 amide bonds. The molecule has 1 aromatic heterocycles. The van der Waals surface area contributed by atoms with E-state index in [-0.39, 0.29) is 17.4 Å². The van der Waals surface area contributed by atoms with Gasteiger partial charge in [-0.05, 0) is 36.6 Å². The van der Waals surface area contributed by atoms with E-state index in [1.54, 1.807) is 39.8 Å². The van der Waals surface area contributed by atoms with Gasteiger partial charge in [0, 0.05) is 44.0 Å². The minimum atomic E-state index is -0.691. The van der Waals surface area contributed by atoms with Gasteiger partial charge in [0.15, 0.2) is 17.5 Å². The summed E-state index contributed by atoms with van der Waals surface area (Å²) in [5, 5.41) is 0.538. The van der Waals surface area contributed by atoms with Gasteiger partial charge in [-0.15, -0.1) is 0 Å². The van der Waals surface area contributed by atoms with Crippen LogP contribution in [-0.4, -0.2) is 70.3 Å². The summed E-state index contributed by atoms with van der Waals surface area (Å²) < 4.78 is 34.1. The fourth-order valence-electron chi connectivity index (χ4n) is 3.78. The van der Waals surface area contributed by atoms with Crippen LogP contribution in [0.4, 0.5) is 8.78 Å². The van der Waals surface area contributed by atoms with E-state index >= 15 is 0 Å². The van der Waals surface area contributed by atoms with Crippen molar-refractivity contribution in [3.63, 3.8) is 0 Å². The molecule has 1 fully saturated rings. The molecule has 2 heterocycles. The number of carbonyl (C=O) groups excluding carboxylic acids is 2. The highest BCUT2D eigenvalue weighted by molar-refractivity contribution is 7.98. The average molecular weight is 487 g/mol. The molecule has 1 aliphatic heterocycles. The lowest BCUT2D eigenvalue weighted by molar-refractivity contribution is -0.136. The summed E-state index contributed by atoms with van der Waals surface area (Å²) in [6.07, 6.45) is 3.19. The van der Waals surface area contributed by atoms with Gasteiger partial charge in [-0.1, -0.05) is 30.0 Å². The Hall–Kier alpha value is -3.24. The third kappa shape index (κ3) is 5.45. The Kier molecular flexibility index (Phi) is 7.59. The summed E-state index contributed by atoms with van der Waals surface area (Å²) in [5.74, 6) is -1.61. The van der Waals surface area contributed by atoms with Crippen LogP contribution >= 0.6 is 11.8 Å². The minimum absolute atomic E-state index is 0.151. The lowest BCUT2D eigenvalue weighted by atomic mass is 10.2. The molecule has 2 aromatic carbocycles. The van der Waals surface area contributed by atoms with Gasteiger partial charge in [-0.3, -0.25) is 14.3 Å². The smallest absolute Gasteiger partial charge is 0.357 e. The Morgan fingerprint density at radius 2 is 1.74 bits per heavy atom. The summed E-state index contributed by atoms with van der Waals surface area (Å²) in [6.45, 7) is 2.22. The van der Waals surface area contributed by atoms with Crippen LogP contribution in [0, 0.1) is 11.6 Å². The predicted octanol–water partition coefficient (Wildman–Crippen LogP) is 3.37. The molecule has 0 spiro atoms. The number of rotatable bonds is 7. The molecule has 0 aliphatic carbocycles. The second-order valence-electron chi connectivity index (χ2n) is 7.77. The number of piperazine rings is 1. The number of thioether (sulfide) groups is 1. The highest BCUT2D eigenvalue weighted by Gasteiger charge is 2.24. The van der Waals surface area contributed by atoms with E-state index in [1.165, 1.54) is 36.2 Å². The Balaban J connectivity index is 1.33. The zero-order valence-electron chi connectivity index (χ0n) is 18.6. The molecule has 0 radical (unpaired) electrons. The van der Waals surface area contributed by atoms with Crippen molar-refractivity contribution in [3.8, 4) is 5.69 Å². The number of amides is 1. The summed E-state index contributed by atoms with van der Waals surface area (Å²) in [7, 11) is 0. The van der Waals surface area contributed by atoms with Crippen LogP contribution in [0.5, 0.6) is 0 Å². The van der Waals surface area contributed by atoms with E-state index in [0.717, 1.165) is 0 Å². The van der Waals surface area contributed by atoms with Crippen molar-refractivity contribution in [3.05, 3.63) is 77.6 Å². The van der Waals surface area contributed by atoms with Gasteiger partial charge in [0.2, 0.25) is 0 Å². The molecule has 0 bridgehead atoms. The standard InChI is InChI=1S/C24H24F2N4O3S/c1-34-24-27-14-21(30(24)19-8-6-18(25)7-9-19)23(32)33-16-22(31)29-12-10-28(11-13-29)15-17-4-2-3-5-20(17)26/h2-9,14H,10-13,15-16H2,1H3. The second-order valence-corrected chi connectivity index (χ2v) is 8.54. The summed E-state index contributed by atoms with van der Waals surface area (Å²) in [6, 6.07) is 12.3. The molecule has 4 rings (SSSR count). The lowest BCUT2D eigenvalue weighted by Crippen LogP contribution is -2.49. The van der Waals surface area contributed by atoms with E-state index in [1.807, 2.05) is 6.26 Å². The fourth-order valence-corrected chi connectivity index (χ4v) is 4.32. The normalized spacial score (nSPS) is 14.3. The molecule has 178 valence electrons. The molecule has 7 nitrogen and oxygen atoms in total.